The van der Waals surface area contributed by atoms with Gasteiger partial charge in [-0.15, -0.1) is 0 Å². The molecule has 94 valence electrons. The van der Waals surface area contributed by atoms with Crippen LogP contribution >= 0.6 is 11.8 Å². The van der Waals surface area contributed by atoms with E-state index >= 15 is 0 Å². The molecule has 1 aromatic rings. The number of nitrogens with zero attached hydrogens (tertiary/aromatic N) is 1. The van der Waals surface area contributed by atoms with Gasteiger partial charge >= 0.3 is 0 Å². The van der Waals surface area contributed by atoms with Gasteiger partial charge in [0.15, 0.2) is 5.12 Å². The largest absolute Gasteiger partial charge is 0.393 e. The molecule has 1 rings (SSSR count). The van der Waals surface area contributed by atoms with Crippen molar-refractivity contribution in [1.82, 2.24) is 0 Å². The summed E-state index contributed by atoms with van der Waals surface area (Å²) in [6.45, 7) is 1.50. The van der Waals surface area contributed by atoms with E-state index in [0.717, 1.165) is 0 Å². The van der Waals surface area contributed by atoms with Crippen LogP contribution in [0.3, 0.4) is 0 Å². The van der Waals surface area contributed by atoms with Crippen molar-refractivity contribution >= 4 is 28.3 Å². The number of nitrogens with two attached hydrogens (primary N) is 1. The first-order valence-electron chi connectivity index (χ1n) is 5.17. The minimum absolute atomic E-state index is 0.0555. The van der Waals surface area contributed by atoms with Crippen molar-refractivity contribution in [3.8, 4) is 11.8 Å². The zero-order chi connectivity index (χ0) is 13.5. The van der Waals surface area contributed by atoms with Crippen LogP contribution < -0.4 is 5.73 Å². The zero-order valence-electron chi connectivity index (χ0n) is 9.80. The smallest absolute Gasteiger partial charge is 0.293 e. The number of benzene rings is 1. The van der Waals surface area contributed by atoms with E-state index in [-0.39, 0.29) is 16.5 Å². The van der Waals surface area contributed by atoms with Crippen molar-refractivity contribution in [2.45, 2.75) is 13.3 Å². The summed E-state index contributed by atoms with van der Waals surface area (Å²) >= 11 is 1.21. The molecule has 0 aliphatic heterocycles. The lowest BCUT2D eigenvalue weighted by molar-refractivity contribution is -0.383. The molecule has 0 bridgehead atoms. The Hall–Kier alpha value is -2.00. The van der Waals surface area contributed by atoms with Crippen LogP contribution in [-0.4, -0.2) is 15.8 Å². The molecule has 5 nitrogen and oxygen atoms in total. The van der Waals surface area contributed by atoms with E-state index in [1.54, 1.807) is 6.07 Å². The quantitative estimate of drug-likeness (QED) is 0.297. The first-order valence-corrected chi connectivity index (χ1v) is 6.15. The Labute approximate surface area is 109 Å². The van der Waals surface area contributed by atoms with Gasteiger partial charge < -0.3 is 5.73 Å². The monoisotopic (exact) mass is 264 g/mol. The average molecular weight is 264 g/mol. The third kappa shape index (κ3) is 4.47. The molecule has 0 radical (unpaired) electrons. The van der Waals surface area contributed by atoms with Gasteiger partial charge in [-0.3, -0.25) is 14.9 Å². The molecule has 0 amide bonds. The van der Waals surface area contributed by atoms with Gasteiger partial charge in [0.1, 0.15) is 5.69 Å². The summed E-state index contributed by atoms with van der Waals surface area (Å²) in [5, 5.41) is 10.7. The maximum Gasteiger partial charge on any atom is 0.293 e. The summed E-state index contributed by atoms with van der Waals surface area (Å²) in [6, 6.07) is 4.44. The van der Waals surface area contributed by atoms with Gasteiger partial charge in [0.2, 0.25) is 0 Å². The highest BCUT2D eigenvalue weighted by molar-refractivity contribution is 8.13. The molecule has 0 saturated carbocycles. The van der Waals surface area contributed by atoms with Crippen molar-refractivity contribution < 1.29 is 9.72 Å². The molecule has 0 spiro atoms. The standard InChI is InChI=1S/C12H12N2O3S/c1-9(15)18-7-3-2-4-10-5-6-11(13)12(8-10)14(16)17/h5-6,8H,3,7,13H2,1H3. The lowest BCUT2D eigenvalue weighted by atomic mass is 10.2. The molecular weight excluding hydrogens is 252 g/mol. The van der Waals surface area contributed by atoms with Crippen molar-refractivity contribution in [3.63, 3.8) is 0 Å². The van der Waals surface area contributed by atoms with Gasteiger partial charge in [-0.1, -0.05) is 23.6 Å². The van der Waals surface area contributed by atoms with Crippen LogP contribution in [0.1, 0.15) is 18.9 Å². The normalized spacial score (nSPS) is 9.39. The van der Waals surface area contributed by atoms with Crippen LogP contribution in [0.4, 0.5) is 11.4 Å². The number of anilines is 1. The van der Waals surface area contributed by atoms with Crippen LogP contribution in [0.15, 0.2) is 18.2 Å². The third-order valence-electron chi connectivity index (χ3n) is 1.99. The van der Waals surface area contributed by atoms with Crippen molar-refractivity contribution in [2.24, 2.45) is 0 Å². The Kier molecular flexibility index (Phi) is 5.21. The van der Waals surface area contributed by atoms with Crippen LogP contribution in [0.5, 0.6) is 0 Å². The van der Waals surface area contributed by atoms with E-state index in [9.17, 15) is 14.9 Å². The van der Waals surface area contributed by atoms with Crippen molar-refractivity contribution in [2.75, 3.05) is 11.5 Å². The molecule has 1 aromatic carbocycles. The topological polar surface area (TPSA) is 86.2 Å². The van der Waals surface area contributed by atoms with Gasteiger partial charge in [0.25, 0.3) is 5.69 Å². The number of nitro groups is 1. The second kappa shape index (κ2) is 6.67. The lowest BCUT2D eigenvalue weighted by Gasteiger charge is -1.96. The number of hydrogen-bond acceptors (Lipinski definition) is 5. The first kappa shape index (κ1) is 14.1. The van der Waals surface area contributed by atoms with E-state index in [0.29, 0.717) is 17.7 Å². The molecule has 0 unspecified atom stereocenters. The minimum Gasteiger partial charge on any atom is -0.393 e. The number of nitro benzene ring substituents is 1. The molecule has 18 heavy (non-hydrogen) atoms. The molecular formula is C12H12N2O3S. The van der Waals surface area contributed by atoms with Gasteiger partial charge in [-0.2, -0.15) is 0 Å². The lowest BCUT2D eigenvalue weighted by Crippen LogP contribution is -1.95. The Morgan fingerprint density at radius 1 is 1.56 bits per heavy atom. The molecule has 0 heterocycles. The molecule has 2 N–H and O–H groups in total. The summed E-state index contributed by atoms with van der Waals surface area (Å²) < 4.78 is 0. The van der Waals surface area contributed by atoms with E-state index in [1.807, 2.05) is 0 Å². The highest BCUT2D eigenvalue weighted by Gasteiger charge is 2.10. The molecule has 0 aliphatic rings. The second-order valence-corrected chi connectivity index (χ2v) is 4.69. The number of rotatable bonds is 3. The number of carbonyl (C=O) groups is 1. The van der Waals surface area contributed by atoms with E-state index in [2.05, 4.69) is 11.8 Å². The number of nitrogen functional groups attached to an aromatic ring is 1. The summed E-state index contributed by atoms with van der Waals surface area (Å²) in [4.78, 5) is 20.8. The summed E-state index contributed by atoms with van der Waals surface area (Å²) in [5.74, 6) is 6.29. The van der Waals surface area contributed by atoms with Crippen LogP contribution in [-0.2, 0) is 4.79 Å². The minimum atomic E-state index is -0.536. The number of hydrogen-bond donors (Lipinski definition) is 1. The second-order valence-electron chi connectivity index (χ2n) is 3.42. The Morgan fingerprint density at radius 2 is 2.28 bits per heavy atom. The molecule has 0 aliphatic carbocycles. The molecule has 0 atom stereocenters. The number of carbonyl (C=O) groups excluding carboxylic acids is 1. The molecule has 0 fully saturated rings. The maximum absolute atomic E-state index is 10.7. The molecule has 0 aromatic heterocycles. The van der Waals surface area contributed by atoms with Gasteiger partial charge in [0.05, 0.1) is 4.92 Å². The Balaban J connectivity index is 2.68. The van der Waals surface area contributed by atoms with E-state index in [1.165, 1.54) is 30.8 Å². The number of thioether (sulfide) groups is 1. The first-order chi connectivity index (χ1) is 8.50. The van der Waals surface area contributed by atoms with Gasteiger partial charge in [-0.25, -0.2) is 0 Å². The summed E-state index contributed by atoms with van der Waals surface area (Å²) in [5.41, 5.74) is 6.00. The highest BCUT2D eigenvalue weighted by atomic mass is 32.2. The molecule has 6 heteroatoms. The fourth-order valence-corrected chi connectivity index (χ4v) is 1.68. The predicted molar refractivity (Wildman–Crippen MR) is 72.1 cm³/mol. The van der Waals surface area contributed by atoms with Crippen molar-refractivity contribution in [3.05, 3.63) is 33.9 Å². The average Bonchev–Trinajstić information content (AvgIpc) is 2.30. The van der Waals surface area contributed by atoms with Crippen LogP contribution in [0, 0.1) is 22.0 Å². The Morgan fingerprint density at radius 3 is 2.89 bits per heavy atom. The summed E-state index contributed by atoms with van der Waals surface area (Å²) in [7, 11) is 0. The maximum atomic E-state index is 10.7. The van der Waals surface area contributed by atoms with E-state index in [4.69, 9.17) is 5.73 Å². The molecule has 0 saturated heterocycles. The predicted octanol–water partition coefficient (Wildman–Crippen LogP) is 2.20. The van der Waals surface area contributed by atoms with Crippen molar-refractivity contribution in [1.29, 1.82) is 0 Å². The third-order valence-corrected chi connectivity index (χ3v) is 2.81. The Bertz CT molecular complexity index is 532. The highest BCUT2D eigenvalue weighted by Crippen LogP contribution is 2.21. The van der Waals surface area contributed by atoms with Crippen LogP contribution in [0.2, 0.25) is 0 Å². The van der Waals surface area contributed by atoms with Crippen LogP contribution in [0.25, 0.3) is 0 Å². The summed E-state index contributed by atoms with van der Waals surface area (Å²) in [6.07, 6.45) is 0.558. The fraction of sp³-hybridized carbons (Fsp3) is 0.250. The zero-order valence-corrected chi connectivity index (χ0v) is 10.6. The fourth-order valence-electron chi connectivity index (χ4n) is 1.19. The van der Waals surface area contributed by atoms with Gasteiger partial charge in [0, 0.05) is 30.7 Å². The SMILES string of the molecule is CC(=O)SCCC#Cc1ccc(N)c([N+](=O)[O-])c1. The van der Waals surface area contributed by atoms with Gasteiger partial charge in [-0.05, 0) is 12.1 Å². The van der Waals surface area contributed by atoms with E-state index < -0.39 is 4.92 Å².